The molecule has 0 bridgehead atoms. The number of rotatable bonds is 3. The molecule has 1 fully saturated rings. The Kier molecular flexibility index (Phi) is 4.73. The first-order chi connectivity index (χ1) is 13.1. The van der Waals surface area contributed by atoms with Gasteiger partial charge >= 0.3 is 0 Å². The summed E-state index contributed by atoms with van der Waals surface area (Å²) < 4.78 is 1.31. The third kappa shape index (κ3) is 3.36. The highest BCUT2D eigenvalue weighted by Gasteiger charge is 2.22. The molecule has 27 heavy (non-hydrogen) atoms. The van der Waals surface area contributed by atoms with Crippen molar-refractivity contribution in [3.05, 3.63) is 76.2 Å². The smallest absolute Gasteiger partial charge is 0.292 e. The van der Waals surface area contributed by atoms with Gasteiger partial charge in [0.25, 0.3) is 5.56 Å². The van der Waals surface area contributed by atoms with E-state index in [1.54, 1.807) is 12.3 Å². The minimum atomic E-state index is -0.330. The van der Waals surface area contributed by atoms with Crippen LogP contribution in [0.5, 0.6) is 5.75 Å². The molecule has 6 nitrogen and oxygen atoms in total. The molecule has 1 aliphatic rings. The van der Waals surface area contributed by atoms with Gasteiger partial charge in [-0.2, -0.15) is 9.78 Å². The van der Waals surface area contributed by atoms with Gasteiger partial charge < -0.3 is 14.9 Å². The van der Waals surface area contributed by atoms with E-state index in [-0.39, 0.29) is 16.3 Å². The van der Waals surface area contributed by atoms with Crippen LogP contribution in [0.15, 0.2) is 65.6 Å². The van der Waals surface area contributed by atoms with Crippen molar-refractivity contribution in [2.24, 2.45) is 0 Å². The number of aromatic nitrogens is 2. The van der Waals surface area contributed by atoms with Crippen molar-refractivity contribution in [1.29, 1.82) is 0 Å². The molecule has 138 valence electrons. The number of hydrogen-bond acceptors (Lipinski definition) is 5. The third-order valence-corrected chi connectivity index (χ3v) is 5.10. The van der Waals surface area contributed by atoms with Gasteiger partial charge in [-0.25, -0.2) is 0 Å². The second kappa shape index (κ2) is 7.32. The number of benzene rings is 2. The summed E-state index contributed by atoms with van der Waals surface area (Å²) in [7, 11) is 0. The van der Waals surface area contributed by atoms with Crippen LogP contribution < -0.4 is 15.4 Å². The highest BCUT2D eigenvalue weighted by Crippen LogP contribution is 2.29. The summed E-state index contributed by atoms with van der Waals surface area (Å²) in [5.41, 5.74) is 1.82. The average molecular weight is 383 g/mol. The zero-order valence-corrected chi connectivity index (χ0v) is 15.4. The first-order valence-corrected chi connectivity index (χ1v) is 9.14. The van der Waals surface area contributed by atoms with Crippen molar-refractivity contribution in [1.82, 2.24) is 9.78 Å². The van der Waals surface area contributed by atoms with E-state index in [1.807, 2.05) is 48.5 Å². The molecule has 0 aliphatic carbocycles. The lowest BCUT2D eigenvalue weighted by molar-refractivity contribution is 0.472. The van der Waals surface area contributed by atoms with Crippen LogP contribution >= 0.6 is 11.6 Å². The van der Waals surface area contributed by atoms with E-state index in [0.29, 0.717) is 24.5 Å². The molecule has 0 atom stereocenters. The molecular formula is C20H19ClN4O2. The molecule has 1 aliphatic heterocycles. The zero-order valence-electron chi connectivity index (χ0n) is 14.6. The summed E-state index contributed by atoms with van der Waals surface area (Å²) in [6.45, 7) is 2.81. The van der Waals surface area contributed by atoms with Crippen LogP contribution in [-0.2, 0) is 0 Å². The molecule has 1 saturated heterocycles. The topological polar surface area (TPSA) is 61.6 Å². The molecule has 2 heterocycles. The predicted octanol–water partition coefficient (Wildman–Crippen LogP) is 2.92. The van der Waals surface area contributed by atoms with Crippen LogP contribution in [0.2, 0.25) is 5.02 Å². The fourth-order valence-corrected chi connectivity index (χ4v) is 3.57. The number of nitrogens with zero attached hydrogens (tertiary/aromatic N) is 4. The number of hydrogen-bond donors (Lipinski definition) is 1. The van der Waals surface area contributed by atoms with E-state index < -0.39 is 0 Å². The summed E-state index contributed by atoms with van der Waals surface area (Å²) in [5, 5.41) is 14.5. The molecule has 0 spiro atoms. The van der Waals surface area contributed by atoms with E-state index in [0.717, 1.165) is 18.8 Å². The maximum Gasteiger partial charge on any atom is 0.292 e. The van der Waals surface area contributed by atoms with E-state index in [1.165, 1.54) is 4.68 Å². The SMILES string of the molecule is O=c1c(Cl)c(N2CCN(c3ccccc3O)CC2)cnn1-c1ccccc1. The van der Waals surface area contributed by atoms with E-state index in [9.17, 15) is 9.90 Å². The lowest BCUT2D eigenvalue weighted by Gasteiger charge is -2.37. The Labute approximate surface area is 161 Å². The Morgan fingerprint density at radius 2 is 1.44 bits per heavy atom. The minimum Gasteiger partial charge on any atom is -0.506 e. The first-order valence-electron chi connectivity index (χ1n) is 8.76. The number of phenols is 1. The fourth-order valence-electron chi connectivity index (χ4n) is 3.32. The zero-order chi connectivity index (χ0) is 18.8. The fraction of sp³-hybridized carbons (Fsp3) is 0.200. The molecule has 4 rings (SSSR count). The van der Waals surface area contributed by atoms with Gasteiger partial charge in [0.1, 0.15) is 10.8 Å². The van der Waals surface area contributed by atoms with Crippen molar-refractivity contribution < 1.29 is 5.11 Å². The number of halogens is 1. The molecule has 0 radical (unpaired) electrons. The Bertz CT molecular complexity index is 998. The Morgan fingerprint density at radius 1 is 0.852 bits per heavy atom. The summed E-state index contributed by atoms with van der Waals surface area (Å²) in [6, 6.07) is 16.5. The van der Waals surface area contributed by atoms with Gasteiger partial charge in [-0.3, -0.25) is 4.79 Å². The van der Waals surface area contributed by atoms with Crippen molar-refractivity contribution >= 4 is 23.0 Å². The van der Waals surface area contributed by atoms with E-state index in [4.69, 9.17) is 11.6 Å². The van der Waals surface area contributed by atoms with E-state index >= 15 is 0 Å². The van der Waals surface area contributed by atoms with Gasteiger partial charge in [0.15, 0.2) is 0 Å². The maximum absolute atomic E-state index is 12.7. The average Bonchev–Trinajstić information content (AvgIpc) is 2.71. The number of para-hydroxylation sites is 3. The second-order valence-corrected chi connectivity index (χ2v) is 6.74. The normalized spacial score (nSPS) is 14.4. The number of piperazine rings is 1. The highest BCUT2D eigenvalue weighted by molar-refractivity contribution is 6.33. The monoisotopic (exact) mass is 382 g/mol. The van der Waals surface area contributed by atoms with Crippen molar-refractivity contribution in [2.75, 3.05) is 36.0 Å². The molecule has 7 heteroatoms. The molecule has 1 N–H and O–H groups in total. The molecule has 2 aromatic carbocycles. The number of anilines is 2. The number of phenolic OH excluding ortho intramolecular Hbond substituents is 1. The van der Waals surface area contributed by atoms with Crippen molar-refractivity contribution in [2.45, 2.75) is 0 Å². The predicted molar refractivity (Wildman–Crippen MR) is 107 cm³/mol. The highest BCUT2D eigenvalue weighted by atomic mass is 35.5. The summed E-state index contributed by atoms with van der Waals surface area (Å²) in [5.74, 6) is 0.274. The van der Waals surface area contributed by atoms with Crippen LogP contribution in [0.25, 0.3) is 5.69 Å². The number of aromatic hydroxyl groups is 1. The van der Waals surface area contributed by atoms with Gasteiger partial charge in [0, 0.05) is 26.2 Å². The molecule has 0 saturated carbocycles. The summed E-state index contributed by atoms with van der Waals surface area (Å²) >= 11 is 6.39. The van der Waals surface area contributed by atoms with Crippen LogP contribution in [0.1, 0.15) is 0 Å². The van der Waals surface area contributed by atoms with Gasteiger partial charge in [0.2, 0.25) is 0 Å². The van der Waals surface area contributed by atoms with Gasteiger partial charge in [-0.05, 0) is 24.3 Å². The first kappa shape index (κ1) is 17.4. The van der Waals surface area contributed by atoms with Gasteiger partial charge in [-0.1, -0.05) is 41.9 Å². The lowest BCUT2D eigenvalue weighted by Crippen LogP contribution is -2.47. The second-order valence-electron chi connectivity index (χ2n) is 6.36. The summed E-state index contributed by atoms with van der Waals surface area (Å²) in [6.07, 6.45) is 1.65. The summed E-state index contributed by atoms with van der Waals surface area (Å²) in [4.78, 5) is 16.8. The van der Waals surface area contributed by atoms with Crippen molar-refractivity contribution in [3.8, 4) is 11.4 Å². The molecule has 3 aromatic rings. The third-order valence-electron chi connectivity index (χ3n) is 4.74. The van der Waals surface area contributed by atoms with Gasteiger partial charge in [0.05, 0.1) is 23.3 Å². The van der Waals surface area contributed by atoms with Crippen LogP contribution in [-0.4, -0.2) is 41.1 Å². The van der Waals surface area contributed by atoms with Gasteiger partial charge in [-0.15, -0.1) is 0 Å². The molecular weight excluding hydrogens is 364 g/mol. The Hall–Kier alpha value is -2.99. The quantitative estimate of drug-likeness (QED) is 0.754. The van der Waals surface area contributed by atoms with Crippen LogP contribution in [0.3, 0.4) is 0 Å². The maximum atomic E-state index is 12.7. The van der Waals surface area contributed by atoms with Crippen LogP contribution in [0.4, 0.5) is 11.4 Å². The molecule has 0 unspecified atom stereocenters. The molecule has 0 amide bonds. The van der Waals surface area contributed by atoms with Crippen molar-refractivity contribution in [3.63, 3.8) is 0 Å². The largest absolute Gasteiger partial charge is 0.506 e. The van der Waals surface area contributed by atoms with Crippen LogP contribution in [0, 0.1) is 0 Å². The standard InChI is InChI=1S/C20H19ClN4O2/c21-19-17(14-22-25(20(19)27)15-6-2-1-3-7-15)24-12-10-23(11-13-24)16-8-4-5-9-18(16)26/h1-9,14,26H,10-13H2. The molecule has 1 aromatic heterocycles. The minimum absolute atomic E-state index is 0.171. The lowest BCUT2D eigenvalue weighted by atomic mass is 10.2. The van der Waals surface area contributed by atoms with E-state index in [2.05, 4.69) is 14.9 Å². The Balaban J connectivity index is 1.55. The Morgan fingerprint density at radius 3 is 2.11 bits per heavy atom.